The first-order valence-corrected chi connectivity index (χ1v) is 10.9. The Morgan fingerprint density at radius 1 is 1.06 bits per heavy atom. The van der Waals surface area contributed by atoms with E-state index >= 15 is 0 Å². The minimum atomic E-state index is -1.29. The van der Waals surface area contributed by atoms with Gasteiger partial charge in [-0.15, -0.1) is 0 Å². The molecular formula is C25H29N3O6. The summed E-state index contributed by atoms with van der Waals surface area (Å²) in [5, 5.41) is 25.9. The van der Waals surface area contributed by atoms with Gasteiger partial charge in [0.2, 0.25) is 11.8 Å². The molecule has 0 saturated carbocycles. The molecule has 4 unspecified atom stereocenters. The molecule has 1 aliphatic carbocycles. The van der Waals surface area contributed by atoms with E-state index in [0.717, 1.165) is 11.1 Å². The molecule has 9 heteroatoms. The van der Waals surface area contributed by atoms with Gasteiger partial charge in [-0.1, -0.05) is 35.9 Å². The first-order chi connectivity index (χ1) is 16.2. The van der Waals surface area contributed by atoms with E-state index in [0.29, 0.717) is 11.3 Å². The van der Waals surface area contributed by atoms with Crippen LogP contribution in [0.5, 0.6) is 5.75 Å². The predicted molar refractivity (Wildman–Crippen MR) is 125 cm³/mol. The Kier molecular flexibility index (Phi) is 8.04. The average molecular weight is 468 g/mol. The number of nitrogens with two attached hydrogens (primary N) is 1. The summed E-state index contributed by atoms with van der Waals surface area (Å²) in [6.07, 6.45) is -1.15. The largest absolute Gasteiger partial charge is 0.497 e. The number of aliphatic hydroxyl groups is 2. The maximum atomic E-state index is 12.9. The van der Waals surface area contributed by atoms with Crippen molar-refractivity contribution in [1.82, 2.24) is 10.6 Å². The highest BCUT2D eigenvalue weighted by atomic mass is 16.5. The van der Waals surface area contributed by atoms with Crippen LogP contribution >= 0.6 is 0 Å². The van der Waals surface area contributed by atoms with Gasteiger partial charge in [-0.25, -0.2) is 0 Å². The number of aliphatic hydroxyl groups excluding tert-OH is 2. The molecule has 0 radical (unpaired) electrons. The van der Waals surface area contributed by atoms with Crippen LogP contribution in [0.25, 0.3) is 0 Å². The predicted octanol–water partition coefficient (Wildman–Crippen LogP) is 0.367. The average Bonchev–Trinajstić information content (AvgIpc) is 2.82. The number of carbonyl (C=O) groups excluding carboxylic acids is 3. The lowest BCUT2D eigenvalue weighted by atomic mass is 9.89. The third kappa shape index (κ3) is 6.21. The maximum Gasteiger partial charge on any atom is 0.251 e. The molecule has 1 aliphatic rings. The molecule has 9 nitrogen and oxygen atoms in total. The van der Waals surface area contributed by atoms with E-state index in [1.54, 1.807) is 55.6 Å². The van der Waals surface area contributed by atoms with Crippen molar-refractivity contribution in [2.45, 2.75) is 44.1 Å². The van der Waals surface area contributed by atoms with Gasteiger partial charge in [0.15, 0.2) is 0 Å². The van der Waals surface area contributed by atoms with Crippen molar-refractivity contribution in [2.75, 3.05) is 7.11 Å². The molecule has 0 spiro atoms. The van der Waals surface area contributed by atoms with E-state index in [1.807, 2.05) is 6.92 Å². The smallest absolute Gasteiger partial charge is 0.251 e. The highest BCUT2D eigenvalue weighted by Crippen LogP contribution is 2.21. The first-order valence-electron chi connectivity index (χ1n) is 10.9. The van der Waals surface area contributed by atoms with Crippen LogP contribution in [-0.2, 0) is 16.0 Å². The van der Waals surface area contributed by atoms with E-state index in [2.05, 4.69) is 10.6 Å². The molecule has 6 N–H and O–H groups in total. The normalized spacial score (nSPS) is 20.6. The Hall–Kier alpha value is -3.69. The molecular weight excluding hydrogens is 438 g/mol. The summed E-state index contributed by atoms with van der Waals surface area (Å²) in [6.45, 7) is 1.89. The molecule has 0 heterocycles. The van der Waals surface area contributed by atoms with Gasteiger partial charge in [-0.2, -0.15) is 0 Å². The van der Waals surface area contributed by atoms with E-state index < -0.39 is 42.0 Å². The number of rotatable bonds is 8. The minimum Gasteiger partial charge on any atom is -0.497 e. The molecule has 2 aromatic carbocycles. The molecule has 3 amide bonds. The highest BCUT2D eigenvalue weighted by molar-refractivity contribution is 5.98. The molecule has 34 heavy (non-hydrogen) atoms. The van der Waals surface area contributed by atoms with Crippen molar-refractivity contribution in [2.24, 2.45) is 5.73 Å². The van der Waals surface area contributed by atoms with Crippen LogP contribution in [0.1, 0.15) is 27.9 Å². The van der Waals surface area contributed by atoms with Gasteiger partial charge in [-0.05, 0) is 36.8 Å². The Morgan fingerprint density at radius 3 is 2.29 bits per heavy atom. The Morgan fingerprint density at radius 2 is 1.71 bits per heavy atom. The second-order valence-corrected chi connectivity index (χ2v) is 8.30. The van der Waals surface area contributed by atoms with E-state index in [4.69, 9.17) is 10.5 Å². The number of primary amides is 1. The van der Waals surface area contributed by atoms with E-state index in [1.165, 1.54) is 6.08 Å². The number of aryl methyl sites for hydroxylation is 1. The molecule has 4 atom stereocenters. The topological polar surface area (TPSA) is 151 Å². The molecule has 0 bridgehead atoms. The number of methoxy groups -OCH3 is 1. The van der Waals surface area contributed by atoms with Crippen molar-refractivity contribution in [3.63, 3.8) is 0 Å². The van der Waals surface area contributed by atoms with Crippen molar-refractivity contribution in [1.29, 1.82) is 0 Å². The van der Waals surface area contributed by atoms with Crippen LogP contribution in [-0.4, -0.2) is 59.3 Å². The number of nitrogens with one attached hydrogen (secondary N) is 2. The van der Waals surface area contributed by atoms with Gasteiger partial charge < -0.3 is 31.3 Å². The summed E-state index contributed by atoms with van der Waals surface area (Å²) < 4.78 is 5.11. The fourth-order valence-electron chi connectivity index (χ4n) is 3.67. The quantitative estimate of drug-likeness (QED) is 0.378. The lowest BCUT2D eigenvalue weighted by Crippen LogP contribution is -2.52. The maximum absolute atomic E-state index is 12.9. The molecule has 0 aromatic heterocycles. The molecule has 0 aliphatic heterocycles. The van der Waals surface area contributed by atoms with Crippen LogP contribution in [0.15, 0.2) is 60.2 Å². The fraction of sp³-hybridized carbons (Fsp3) is 0.320. The van der Waals surface area contributed by atoms with Crippen molar-refractivity contribution in [3.05, 3.63) is 76.9 Å². The van der Waals surface area contributed by atoms with Crippen LogP contribution in [0.3, 0.4) is 0 Å². The van der Waals surface area contributed by atoms with Crippen molar-refractivity contribution < 1.29 is 29.3 Å². The standard InChI is InChI=1S/C25H29N3O6/c1-14-3-7-16(8-4-14)24(32)27-19-12-17(13-21(29)22(19)30)25(33)28-20(23(26)31)11-15-5-9-18(34-2)10-6-15/h3-10,12,19-22,29-30H,11,13H2,1-2H3,(H2,26,31)(H,27,32)(H,28,33). The summed E-state index contributed by atoms with van der Waals surface area (Å²) in [6, 6.07) is 11.9. The number of hydrogen-bond acceptors (Lipinski definition) is 6. The van der Waals surface area contributed by atoms with E-state index in [-0.39, 0.29) is 18.4 Å². The van der Waals surface area contributed by atoms with Crippen molar-refractivity contribution >= 4 is 17.7 Å². The monoisotopic (exact) mass is 467 g/mol. The number of benzene rings is 2. The zero-order valence-electron chi connectivity index (χ0n) is 19.0. The molecule has 0 saturated heterocycles. The molecule has 0 fully saturated rings. The van der Waals surface area contributed by atoms with Gasteiger partial charge in [0.1, 0.15) is 17.9 Å². The second-order valence-electron chi connectivity index (χ2n) is 8.30. The summed E-state index contributed by atoms with van der Waals surface area (Å²) in [5.41, 5.74) is 7.76. The summed E-state index contributed by atoms with van der Waals surface area (Å²) >= 11 is 0. The van der Waals surface area contributed by atoms with Crippen LogP contribution in [0.4, 0.5) is 0 Å². The summed E-state index contributed by atoms with van der Waals surface area (Å²) in [5.74, 6) is -1.13. The third-order valence-electron chi connectivity index (χ3n) is 5.72. The SMILES string of the molecule is COc1ccc(CC(NC(=O)C2=CC(NC(=O)c3ccc(C)cc3)C(O)C(O)C2)C(N)=O)cc1. The van der Waals surface area contributed by atoms with Gasteiger partial charge in [0.05, 0.1) is 19.3 Å². The van der Waals surface area contributed by atoms with Crippen molar-refractivity contribution in [3.8, 4) is 5.75 Å². The number of carbonyl (C=O) groups is 3. The summed E-state index contributed by atoms with van der Waals surface area (Å²) in [4.78, 5) is 37.4. The minimum absolute atomic E-state index is 0.132. The number of ether oxygens (including phenoxy) is 1. The van der Waals surface area contributed by atoms with Gasteiger partial charge >= 0.3 is 0 Å². The molecule has 180 valence electrons. The Balaban J connectivity index is 1.72. The second kappa shape index (κ2) is 11.0. The number of hydrogen-bond donors (Lipinski definition) is 5. The zero-order valence-corrected chi connectivity index (χ0v) is 19.0. The molecule has 2 aromatic rings. The van der Waals surface area contributed by atoms with Crippen LogP contribution in [0, 0.1) is 6.92 Å². The Labute approximate surface area is 197 Å². The summed E-state index contributed by atoms with van der Waals surface area (Å²) in [7, 11) is 1.54. The fourth-order valence-corrected chi connectivity index (χ4v) is 3.67. The lowest BCUT2D eigenvalue weighted by Gasteiger charge is -2.31. The first kappa shape index (κ1) is 24.9. The van der Waals surface area contributed by atoms with Gasteiger partial charge in [0.25, 0.3) is 5.91 Å². The van der Waals surface area contributed by atoms with Crippen LogP contribution in [0.2, 0.25) is 0 Å². The lowest BCUT2D eigenvalue weighted by molar-refractivity contribution is -0.125. The van der Waals surface area contributed by atoms with Crippen LogP contribution < -0.4 is 21.1 Å². The van der Waals surface area contributed by atoms with Gasteiger partial charge in [-0.3, -0.25) is 14.4 Å². The van der Waals surface area contributed by atoms with Gasteiger partial charge in [0, 0.05) is 24.0 Å². The van der Waals surface area contributed by atoms with E-state index in [9.17, 15) is 24.6 Å². The third-order valence-corrected chi connectivity index (χ3v) is 5.72. The molecule has 3 rings (SSSR count). The Bertz CT molecular complexity index is 1070. The zero-order chi connectivity index (χ0) is 24.8. The highest BCUT2D eigenvalue weighted by Gasteiger charge is 2.34. The number of amides is 3.